The normalized spacial score (nSPS) is 16.4. The summed E-state index contributed by atoms with van der Waals surface area (Å²) in [5.41, 5.74) is 4.97. The summed E-state index contributed by atoms with van der Waals surface area (Å²) in [7, 11) is 1.76. The van der Waals surface area contributed by atoms with Crippen LogP contribution in [0.2, 0.25) is 0 Å². The van der Waals surface area contributed by atoms with Gasteiger partial charge in [-0.1, -0.05) is 6.07 Å². The molecule has 1 aliphatic heterocycles. The highest BCUT2D eigenvalue weighted by Gasteiger charge is 2.16. The Hall–Kier alpha value is -1.22. The van der Waals surface area contributed by atoms with E-state index in [1.807, 2.05) is 0 Å². The van der Waals surface area contributed by atoms with Crippen LogP contribution in [0.1, 0.15) is 29.5 Å². The van der Waals surface area contributed by atoms with Crippen molar-refractivity contribution >= 4 is 5.69 Å². The highest BCUT2D eigenvalue weighted by molar-refractivity contribution is 5.66. The molecular formula is C16H26N2O. The number of hydrogen-bond acceptors (Lipinski definition) is 3. The molecule has 1 fully saturated rings. The first-order chi connectivity index (χ1) is 9.13. The van der Waals surface area contributed by atoms with Crippen LogP contribution in [-0.4, -0.2) is 26.7 Å². The molecule has 0 aromatic heterocycles. The number of hydrogen-bond donors (Lipinski definition) is 2. The number of piperidine rings is 1. The van der Waals surface area contributed by atoms with Crippen LogP contribution in [0.5, 0.6) is 5.75 Å². The minimum Gasteiger partial charge on any atom is -0.494 e. The Morgan fingerprint density at radius 1 is 1.21 bits per heavy atom. The molecule has 2 N–H and O–H groups in total. The Morgan fingerprint density at radius 3 is 2.53 bits per heavy atom. The molecule has 0 spiro atoms. The van der Waals surface area contributed by atoms with E-state index in [-0.39, 0.29) is 0 Å². The van der Waals surface area contributed by atoms with E-state index < -0.39 is 0 Å². The summed E-state index contributed by atoms with van der Waals surface area (Å²) in [5.74, 6) is 1.78. The van der Waals surface area contributed by atoms with Gasteiger partial charge >= 0.3 is 0 Å². The van der Waals surface area contributed by atoms with Crippen LogP contribution in [0.3, 0.4) is 0 Å². The molecule has 1 aromatic carbocycles. The zero-order valence-corrected chi connectivity index (χ0v) is 12.6. The highest BCUT2D eigenvalue weighted by Crippen LogP contribution is 2.34. The summed E-state index contributed by atoms with van der Waals surface area (Å²) in [6.45, 7) is 9.76. The largest absolute Gasteiger partial charge is 0.494 e. The van der Waals surface area contributed by atoms with Crippen molar-refractivity contribution < 1.29 is 4.74 Å². The fourth-order valence-electron chi connectivity index (χ4n) is 2.86. The molecule has 0 aliphatic carbocycles. The Labute approximate surface area is 116 Å². The second-order valence-electron chi connectivity index (χ2n) is 5.62. The first-order valence-corrected chi connectivity index (χ1v) is 7.23. The predicted octanol–water partition coefficient (Wildman–Crippen LogP) is 3.03. The average molecular weight is 262 g/mol. The van der Waals surface area contributed by atoms with Gasteiger partial charge in [-0.3, -0.25) is 0 Å². The van der Waals surface area contributed by atoms with Gasteiger partial charge in [-0.05, 0) is 69.3 Å². The van der Waals surface area contributed by atoms with Crippen molar-refractivity contribution in [3.05, 3.63) is 22.8 Å². The Kier molecular flexibility index (Phi) is 4.70. The molecule has 1 heterocycles. The summed E-state index contributed by atoms with van der Waals surface area (Å²) in [6.07, 6.45) is 2.53. The van der Waals surface area contributed by atoms with Crippen LogP contribution in [0.25, 0.3) is 0 Å². The van der Waals surface area contributed by atoms with E-state index >= 15 is 0 Å². The zero-order chi connectivity index (χ0) is 13.8. The minimum atomic E-state index is 0.770. The lowest BCUT2D eigenvalue weighted by Gasteiger charge is -2.25. The number of benzene rings is 1. The molecule has 2 rings (SSSR count). The minimum absolute atomic E-state index is 0.770. The quantitative estimate of drug-likeness (QED) is 0.875. The smallest absolute Gasteiger partial charge is 0.145 e. The number of nitrogens with one attached hydrogen (secondary N) is 2. The fourth-order valence-corrected chi connectivity index (χ4v) is 2.86. The summed E-state index contributed by atoms with van der Waals surface area (Å²) < 4.78 is 5.60. The summed E-state index contributed by atoms with van der Waals surface area (Å²) >= 11 is 0. The lowest BCUT2D eigenvalue weighted by atomic mass is 9.97. The third-order valence-electron chi connectivity index (χ3n) is 4.22. The molecule has 3 heteroatoms. The molecule has 0 saturated carbocycles. The maximum absolute atomic E-state index is 5.60. The van der Waals surface area contributed by atoms with Gasteiger partial charge in [0.25, 0.3) is 0 Å². The number of rotatable bonds is 4. The highest BCUT2D eigenvalue weighted by atomic mass is 16.5. The van der Waals surface area contributed by atoms with Crippen molar-refractivity contribution in [3.63, 3.8) is 0 Å². The van der Waals surface area contributed by atoms with E-state index in [1.54, 1.807) is 7.11 Å². The molecule has 106 valence electrons. The standard InChI is InChI=1S/C16H26N2O/c1-11-9-12(2)15(16(19-4)13(11)3)18-10-14-5-7-17-8-6-14/h9,14,17-18H,5-8,10H2,1-4H3. The molecule has 0 amide bonds. The van der Waals surface area contributed by atoms with Gasteiger partial charge in [0.05, 0.1) is 12.8 Å². The third kappa shape index (κ3) is 3.21. The van der Waals surface area contributed by atoms with Crippen LogP contribution in [0.15, 0.2) is 6.07 Å². The van der Waals surface area contributed by atoms with E-state index in [2.05, 4.69) is 37.5 Å². The third-order valence-corrected chi connectivity index (χ3v) is 4.22. The monoisotopic (exact) mass is 262 g/mol. The molecule has 0 radical (unpaired) electrons. The first kappa shape index (κ1) is 14.2. The fraction of sp³-hybridized carbons (Fsp3) is 0.625. The van der Waals surface area contributed by atoms with Gasteiger partial charge in [-0.15, -0.1) is 0 Å². The van der Waals surface area contributed by atoms with Crippen LogP contribution >= 0.6 is 0 Å². The maximum atomic E-state index is 5.60. The molecule has 1 saturated heterocycles. The topological polar surface area (TPSA) is 33.3 Å². The number of aryl methyl sites for hydroxylation is 2. The molecule has 19 heavy (non-hydrogen) atoms. The van der Waals surface area contributed by atoms with Crippen molar-refractivity contribution in [1.29, 1.82) is 0 Å². The van der Waals surface area contributed by atoms with Gasteiger partial charge in [-0.2, -0.15) is 0 Å². The lowest BCUT2D eigenvalue weighted by molar-refractivity contribution is 0.387. The van der Waals surface area contributed by atoms with Crippen LogP contribution < -0.4 is 15.4 Å². The van der Waals surface area contributed by atoms with E-state index in [1.165, 1.54) is 35.2 Å². The molecule has 1 aliphatic rings. The predicted molar refractivity (Wildman–Crippen MR) is 81.3 cm³/mol. The van der Waals surface area contributed by atoms with Gasteiger partial charge in [0, 0.05) is 6.54 Å². The lowest BCUT2D eigenvalue weighted by Crippen LogP contribution is -2.31. The van der Waals surface area contributed by atoms with E-state index in [9.17, 15) is 0 Å². The second-order valence-corrected chi connectivity index (χ2v) is 5.62. The number of methoxy groups -OCH3 is 1. The zero-order valence-electron chi connectivity index (χ0n) is 12.6. The molecule has 3 nitrogen and oxygen atoms in total. The van der Waals surface area contributed by atoms with Crippen LogP contribution in [0.4, 0.5) is 5.69 Å². The number of ether oxygens (including phenoxy) is 1. The van der Waals surface area contributed by atoms with Crippen molar-refractivity contribution in [2.45, 2.75) is 33.6 Å². The van der Waals surface area contributed by atoms with Crippen molar-refractivity contribution in [1.82, 2.24) is 5.32 Å². The van der Waals surface area contributed by atoms with E-state index in [0.717, 1.165) is 31.3 Å². The number of anilines is 1. The molecule has 0 unspecified atom stereocenters. The van der Waals surface area contributed by atoms with Gasteiger partial charge in [-0.25, -0.2) is 0 Å². The van der Waals surface area contributed by atoms with Crippen LogP contribution in [-0.2, 0) is 0 Å². The Balaban J connectivity index is 2.12. The maximum Gasteiger partial charge on any atom is 0.145 e. The SMILES string of the molecule is COc1c(C)c(C)cc(C)c1NCC1CCNCC1. The van der Waals surface area contributed by atoms with Crippen molar-refractivity contribution in [2.24, 2.45) is 5.92 Å². The summed E-state index contributed by atoms with van der Waals surface area (Å²) in [5, 5.41) is 7.03. The van der Waals surface area contributed by atoms with Gasteiger partial charge in [0.15, 0.2) is 0 Å². The molecular weight excluding hydrogens is 236 g/mol. The van der Waals surface area contributed by atoms with Gasteiger partial charge in [0.1, 0.15) is 5.75 Å². The summed E-state index contributed by atoms with van der Waals surface area (Å²) in [4.78, 5) is 0. The van der Waals surface area contributed by atoms with E-state index in [4.69, 9.17) is 4.74 Å². The molecule has 0 bridgehead atoms. The van der Waals surface area contributed by atoms with Gasteiger partial charge < -0.3 is 15.4 Å². The van der Waals surface area contributed by atoms with Crippen molar-refractivity contribution in [2.75, 3.05) is 32.1 Å². The van der Waals surface area contributed by atoms with Crippen molar-refractivity contribution in [3.8, 4) is 5.75 Å². The van der Waals surface area contributed by atoms with Gasteiger partial charge in [0.2, 0.25) is 0 Å². The second kappa shape index (κ2) is 6.29. The Bertz CT molecular complexity index is 437. The van der Waals surface area contributed by atoms with Crippen LogP contribution in [0, 0.1) is 26.7 Å². The first-order valence-electron chi connectivity index (χ1n) is 7.23. The summed E-state index contributed by atoms with van der Waals surface area (Å²) in [6, 6.07) is 2.24. The Morgan fingerprint density at radius 2 is 1.89 bits per heavy atom. The average Bonchev–Trinajstić information content (AvgIpc) is 2.42. The van der Waals surface area contributed by atoms with E-state index in [0.29, 0.717) is 0 Å². The molecule has 1 aromatic rings. The molecule has 0 atom stereocenters.